The first-order valence-electron chi connectivity index (χ1n) is 7.16. The monoisotopic (exact) mass is 332 g/mol. The highest BCUT2D eigenvalue weighted by atomic mass is 35.5. The van der Waals surface area contributed by atoms with Gasteiger partial charge in [-0.15, -0.1) is 0 Å². The fourth-order valence-electron chi connectivity index (χ4n) is 2.48. The molecule has 0 atom stereocenters. The van der Waals surface area contributed by atoms with E-state index in [4.69, 9.17) is 11.6 Å². The highest BCUT2D eigenvalue weighted by Crippen LogP contribution is 2.28. The van der Waals surface area contributed by atoms with E-state index in [9.17, 15) is 14.4 Å². The molecule has 5 nitrogen and oxygen atoms in total. The summed E-state index contributed by atoms with van der Waals surface area (Å²) in [7, 11) is 0. The van der Waals surface area contributed by atoms with Crippen molar-refractivity contribution in [3.8, 4) is 11.1 Å². The van der Waals surface area contributed by atoms with Gasteiger partial charge < -0.3 is 9.88 Å². The van der Waals surface area contributed by atoms with E-state index >= 15 is 0 Å². The van der Waals surface area contributed by atoms with E-state index in [1.54, 1.807) is 4.57 Å². The van der Waals surface area contributed by atoms with Gasteiger partial charge in [-0.1, -0.05) is 30.3 Å². The molecule has 0 aliphatic heterocycles. The van der Waals surface area contributed by atoms with Gasteiger partial charge in [0.05, 0.1) is 0 Å². The average Bonchev–Trinajstić information content (AvgIpc) is 2.84. The second kappa shape index (κ2) is 7.24. The molecule has 0 fully saturated rings. The summed E-state index contributed by atoms with van der Waals surface area (Å²) in [6.45, 7) is 4.00. The van der Waals surface area contributed by atoms with E-state index in [1.165, 1.54) is 6.92 Å². The van der Waals surface area contributed by atoms with Gasteiger partial charge >= 0.3 is 0 Å². The van der Waals surface area contributed by atoms with Crippen LogP contribution in [0.25, 0.3) is 11.1 Å². The number of amides is 1. The Labute approximate surface area is 139 Å². The van der Waals surface area contributed by atoms with Crippen molar-refractivity contribution in [3.63, 3.8) is 0 Å². The molecule has 0 saturated carbocycles. The van der Waals surface area contributed by atoms with Gasteiger partial charge in [0, 0.05) is 31.3 Å². The number of hydrogen-bond acceptors (Lipinski definition) is 3. The summed E-state index contributed by atoms with van der Waals surface area (Å²) < 4.78 is 1.71. The van der Waals surface area contributed by atoms with E-state index in [-0.39, 0.29) is 11.6 Å². The maximum Gasteiger partial charge on any atom is 0.294 e. The van der Waals surface area contributed by atoms with Crippen LogP contribution in [0, 0.1) is 6.92 Å². The smallest absolute Gasteiger partial charge is 0.294 e. The molecule has 0 saturated heterocycles. The average molecular weight is 333 g/mol. The largest absolute Gasteiger partial charge is 0.355 e. The molecule has 1 aromatic carbocycles. The third-order valence-corrected chi connectivity index (χ3v) is 3.66. The molecule has 1 N–H and O–H groups in total. The third kappa shape index (κ3) is 3.87. The Hall–Kier alpha value is -2.40. The first-order valence-corrected chi connectivity index (χ1v) is 7.53. The Morgan fingerprint density at radius 2 is 1.83 bits per heavy atom. The quantitative estimate of drug-likeness (QED) is 0.502. The summed E-state index contributed by atoms with van der Waals surface area (Å²) in [5.74, 6) is -0.902. The van der Waals surface area contributed by atoms with Crippen LogP contribution in [-0.2, 0) is 16.1 Å². The van der Waals surface area contributed by atoms with Crippen LogP contribution >= 0.6 is 11.6 Å². The van der Waals surface area contributed by atoms with Crippen molar-refractivity contribution in [3.05, 3.63) is 47.8 Å². The van der Waals surface area contributed by atoms with E-state index in [0.717, 1.165) is 11.3 Å². The van der Waals surface area contributed by atoms with Crippen LogP contribution in [0.3, 0.4) is 0 Å². The lowest BCUT2D eigenvalue weighted by molar-refractivity contribution is -0.119. The van der Waals surface area contributed by atoms with E-state index < -0.39 is 11.0 Å². The Morgan fingerprint density at radius 3 is 2.39 bits per heavy atom. The first kappa shape index (κ1) is 17.0. The van der Waals surface area contributed by atoms with Crippen LogP contribution in [0.4, 0.5) is 0 Å². The minimum atomic E-state index is -1.03. The van der Waals surface area contributed by atoms with E-state index in [1.807, 2.05) is 43.3 Å². The predicted molar refractivity (Wildman–Crippen MR) is 88.5 cm³/mol. The standard InChI is InChI=1S/C17H17ClN2O3/c1-11-10-14(13-6-4-3-5-7-13)15(16(22)17(18)23)20(11)9-8-19-12(2)21/h3-7,10H,8-9H2,1-2H3,(H,19,21). The van der Waals surface area contributed by atoms with Crippen molar-refractivity contribution in [2.45, 2.75) is 20.4 Å². The van der Waals surface area contributed by atoms with Crippen molar-refractivity contribution in [1.29, 1.82) is 0 Å². The maximum absolute atomic E-state index is 12.3. The minimum Gasteiger partial charge on any atom is -0.355 e. The van der Waals surface area contributed by atoms with Crippen LogP contribution in [0.5, 0.6) is 0 Å². The van der Waals surface area contributed by atoms with Gasteiger partial charge in [-0.2, -0.15) is 0 Å². The number of nitrogens with zero attached hydrogens (tertiary/aromatic N) is 1. The predicted octanol–water partition coefficient (Wildman–Crippen LogP) is 2.55. The molecule has 0 aliphatic rings. The highest BCUT2D eigenvalue weighted by Gasteiger charge is 2.24. The number of benzene rings is 1. The topological polar surface area (TPSA) is 68.2 Å². The van der Waals surface area contributed by atoms with E-state index in [0.29, 0.717) is 18.7 Å². The minimum absolute atomic E-state index is 0.153. The van der Waals surface area contributed by atoms with Crippen molar-refractivity contribution in [1.82, 2.24) is 9.88 Å². The molecule has 1 heterocycles. The number of nitrogens with one attached hydrogen (secondary N) is 1. The molecule has 0 aliphatic carbocycles. The van der Waals surface area contributed by atoms with Crippen molar-refractivity contribution < 1.29 is 14.4 Å². The number of aromatic nitrogens is 1. The normalized spacial score (nSPS) is 10.4. The zero-order valence-corrected chi connectivity index (χ0v) is 13.7. The molecule has 120 valence electrons. The Bertz CT molecular complexity index is 751. The fourth-order valence-corrected chi connectivity index (χ4v) is 2.57. The summed E-state index contributed by atoms with van der Waals surface area (Å²) in [6, 6.07) is 11.2. The lowest BCUT2D eigenvalue weighted by Crippen LogP contribution is -2.26. The Balaban J connectivity index is 2.49. The molecule has 0 radical (unpaired) electrons. The van der Waals surface area contributed by atoms with Gasteiger partial charge in [-0.25, -0.2) is 0 Å². The van der Waals surface area contributed by atoms with Crippen LogP contribution in [0.2, 0.25) is 0 Å². The van der Waals surface area contributed by atoms with Crippen molar-refractivity contribution >= 4 is 28.5 Å². The molecular weight excluding hydrogens is 316 g/mol. The van der Waals surface area contributed by atoms with Gasteiger partial charge in [0.15, 0.2) is 0 Å². The Morgan fingerprint density at radius 1 is 1.17 bits per heavy atom. The lowest BCUT2D eigenvalue weighted by Gasteiger charge is -2.11. The summed E-state index contributed by atoms with van der Waals surface area (Å²) in [5.41, 5.74) is 2.55. The van der Waals surface area contributed by atoms with Crippen LogP contribution in [-0.4, -0.2) is 28.0 Å². The number of rotatable bonds is 6. The SMILES string of the molecule is CC(=O)NCCn1c(C)cc(-c2ccccc2)c1C(=O)C(=O)Cl. The molecule has 1 aromatic heterocycles. The number of hydrogen-bond donors (Lipinski definition) is 1. The number of Topliss-reactive ketones (excluding diaryl/α,β-unsaturated/α-hetero) is 1. The van der Waals surface area contributed by atoms with Gasteiger partial charge in [-0.3, -0.25) is 14.4 Å². The van der Waals surface area contributed by atoms with Gasteiger partial charge in [0.1, 0.15) is 5.69 Å². The number of carbonyl (C=O) groups is 3. The number of ketones is 1. The fraction of sp³-hybridized carbons (Fsp3) is 0.235. The number of aryl methyl sites for hydroxylation is 1. The molecule has 2 rings (SSSR count). The van der Waals surface area contributed by atoms with Gasteiger partial charge in [0.2, 0.25) is 5.91 Å². The van der Waals surface area contributed by atoms with Crippen molar-refractivity contribution in [2.75, 3.05) is 6.54 Å². The van der Waals surface area contributed by atoms with Gasteiger partial charge in [0.25, 0.3) is 11.0 Å². The molecule has 0 bridgehead atoms. The summed E-state index contributed by atoms with van der Waals surface area (Å²) in [4.78, 5) is 34.7. The second-order valence-corrected chi connectivity index (χ2v) is 5.49. The molecule has 0 spiro atoms. The van der Waals surface area contributed by atoms with Gasteiger partial charge in [-0.05, 0) is 30.2 Å². The molecule has 0 unspecified atom stereocenters. The van der Waals surface area contributed by atoms with Crippen LogP contribution < -0.4 is 5.32 Å². The van der Waals surface area contributed by atoms with Crippen molar-refractivity contribution in [2.24, 2.45) is 0 Å². The lowest BCUT2D eigenvalue weighted by atomic mass is 10.0. The summed E-state index contributed by atoms with van der Waals surface area (Å²) in [6.07, 6.45) is 0. The van der Waals surface area contributed by atoms with E-state index in [2.05, 4.69) is 5.32 Å². The summed E-state index contributed by atoms with van der Waals surface area (Å²) >= 11 is 5.42. The number of halogens is 1. The maximum atomic E-state index is 12.3. The van der Waals surface area contributed by atoms with Crippen LogP contribution in [0.15, 0.2) is 36.4 Å². The first-order chi connectivity index (χ1) is 10.9. The summed E-state index contributed by atoms with van der Waals surface area (Å²) in [5, 5.41) is 1.65. The zero-order valence-electron chi connectivity index (χ0n) is 12.9. The molecule has 1 amide bonds. The number of carbonyl (C=O) groups excluding carboxylic acids is 3. The zero-order chi connectivity index (χ0) is 17.0. The molecular formula is C17H17ClN2O3. The third-order valence-electron chi connectivity index (χ3n) is 3.49. The molecule has 23 heavy (non-hydrogen) atoms. The highest BCUT2D eigenvalue weighted by molar-refractivity contribution is 6.83. The second-order valence-electron chi connectivity index (χ2n) is 5.15. The Kier molecular flexibility index (Phi) is 5.34. The molecule has 6 heteroatoms. The molecule has 2 aromatic rings. The van der Waals surface area contributed by atoms with Crippen LogP contribution in [0.1, 0.15) is 23.1 Å².